The number of aromatic carboxylic acids is 1. The molecule has 7 heteroatoms. The van der Waals surface area contributed by atoms with Gasteiger partial charge in [0.2, 0.25) is 5.91 Å². The lowest BCUT2D eigenvalue weighted by Gasteiger charge is -2.14. The number of anilines is 1. The number of nitrogens with zero attached hydrogens (tertiary/aromatic N) is 2. The molecular weight excluding hydrogens is 278 g/mol. The molecule has 2 N–H and O–H groups in total. The Balaban J connectivity index is 2.28. The molecule has 1 amide bonds. The predicted molar refractivity (Wildman–Crippen MR) is 59.8 cm³/mol. The molecule has 1 aromatic rings. The Kier molecular flexibility index (Phi) is 2.95. The highest BCUT2D eigenvalue weighted by atomic mass is 79.9. The smallest absolute Gasteiger partial charge is 0.341 e. The first-order valence-electron chi connectivity index (χ1n) is 4.76. The maximum Gasteiger partial charge on any atom is 0.341 e. The fourth-order valence-corrected chi connectivity index (χ4v) is 2.18. The fraction of sp³-hybridized carbons (Fsp3) is 0.444. The molecule has 1 unspecified atom stereocenters. The number of amides is 1. The zero-order chi connectivity index (χ0) is 11.7. The molecule has 0 spiro atoms. The van der Waals surface area contributed by atoms with E-state index in [4.69, 9.17) is 5.11 Å². The Morgan fingerprint density at radius 3 is 3.06 bits per heavy atom. The molecule has 1 aliphatic heterocycles. The summed E-state index contributed by atoms with van der Waals surface area (Å²) in [7, 11) is 0. The number of alkyl halides is 1. The summed E-state index contributed by atoms with van der Waals surface area (Å²) in [5.74, 6) is -0.659. The monoisotopic (exact) mass is 287 g/mol. The molecule has 6 nitrogen and oxygen atoms in total. The van der Waals surface area contributed by atoms with Crippen molar-refractivity contribution < 1.29 is 14.7 Å². The quantitative estimate of drug-likeness (QED) is 0.807. The van der Waals surface area contributed by atoms with Gasteiger partial charge in [-0.2, -0.15) is 5.10 Å². The van der Waals surface area contributed by atoms with E-state index in [2.05, 4.69) is 26.1 Å². The Labute approximate surface area is 99.8 Å². The molecule has 1 fully saturated rings. The van der Waals surface area contributed by atoms with Crippen LogP contribution in [0.5, 0.6) is 0 Å². The van der Waals surface area contributed by atoms with Crippen LogP contribution >= 0.6 is 15.9 Å². The van der Waals surface area contributed by atoms with Gasteiger partial charge < -0.3 is 5.11 Å². The summed E-state index contributed by atoms with van der Waals surface area (Å²) >= 11 is 3.32. The molecule has 0 aromatic carbocycles. The highest BCUT2D eigenvalue weighted by molar-refractivity contribution is 9.09. The molecule has 0 bridgehead atoms. The van der Waals surface area contributed by atoms with E-state index in [-0.39, 0.29) is 23.2 Å². The molecule has 0 radical (unpaired) electrons. The first-order valence-corrected chi connectivity index (χ1v) is 5.88. The number of nitrogens with one attached hydrogen (secondary N) is 1. The fourth-order valence-electron chi connectivity index (χ4n) is 1.74. The van der Waals surface area contributed by atoms with Crippen molar-refractivity contribution in [3.05, 3.63) is 11.8 Å². The van der Waals surface area contributed by atoms with Crippen LogP contribution in [0.25, 0.3) is 0 Å². The number of carbonyl (C=O) groups excluding carboxylic acids is 1. The largest absolute Gasteiger partial charge is 0.477 e. The standard InChI is InChI=1S/C9H10BrN3O3/c10-2-5-1-7(14)13(4-5)8-6(9(15)16)3-11-12-8/h3,5H,1-2,4H2,(H,11,12)(H,15,16). The number of aromatic nitrogens is 2. The average molecular weight is 288 g/mol. The van der Waals surface area contributed by atoms with Crippen LogP contribution in [0.4, 0.5) is 5.82 Å². The minimum absolute atomic E-state index is 0.0311. The van der Waals surface area contributed by atoms with Gasteiger partial charge in [-0.3, -0.25) is 14.8 Å². The molecule has 1 aromatic heterocycles. The van der Waals surface area contributed by atoms with Crippen LogP contribution in [-0.2, 0) is 4.79 Å². The van der Waals surface area contributed by atoms with Crippen LogP contribution in [0.15, 0.2) is 6.20 Å². The van der Waals surface area contributed by atoms with E-state index >= 15 is 0 Å². The van der Waals surface area contributed by atoms with Crippen molar-refractivity contribution in [1.29, 1.82) is 0 Å². The topological polar surface area (TPSA) is 86.3 Å². The molecule has 1 aliphatic rings. The number of hydrogen-bond donors (Lipinski definition) is 2. The molecule has 1 atom stereocenters. The first kappa shape index (κ1) is 11.1. The van der Waals surface area contributed by atoms with Crippen LogP contribution in [-0.4, -0.2) is 39.1 Å². The number of aromatic amines is 1. The van der Waals surface area contributed by atoms with Gasteiger partial charge in [0.15, 0.2) is 0 Å². The second-order valence-electron chi connectivity index (χ2n) is 3.67. The third-order valence-electron chi connectivity index (χ3n) is 2.54. The summed E-state index contributed by atoms with van der Waals surface area (Å²) in [4.78, 5) is 24.0. The summed E-state index contributed by atoms with van der Waals surface area (Å²) in [6, 6.07) is 0. The molecule has 2 rings (SSSR count). The average Bonchev–Trinajstić information content (AvgIpc) is 2.82. The SMILES string of the molecule is O=C(O)c1cn[nH]c1N1CC(CBr)CC1=O. The molecule has 16 heavy (non-hydrogen) atoms. The van der Waals surface area contributed by atoms with Crippen LogP contribution in [0.1, 0.15) is 16.8 Å². The van der Waals surface area contributed by atoms with Crippen molar-refractivity contribution in [3.8, 4) is 0 Å². The van der Waals surface area contributed by atoms with Crippen molar-refractivity contribution in [2.24, 2.45) is 5.92 Å². The van der Waals surface area contributed by atoms with Gasteiger partial charge >= 0.3 is 5.97 Å². The summed E-state index contributed by atoms with van der Waals surface area (Å²) in [6.07, 6.45) is 1.65. The lowest BCUT2D eigenvalue weighted by atomic mass is 10.2. The molecule has 0 aliphatic carbocycles. The van der Waals surface area contributed by atoms with Gasteiger partial charge in [0.05, 0.1) is 6.20 Å². The minimum Gasteiger partial charge on any atom is -0.477 e. The van der Waals surface area contributed by atoms with Gasteiger partial charge in [0.1, 0.15) is 11.4 Å². The minimum atomic E-state index is -1.08. The Morgan fingerprint density at radius 2 is 2.50 bits per heavy atom. The van der Waals surface area contributed by atoms with Gasteiger partial charge in [0.25, 0.3) is 0 Å². The maximum atomic E-state index is 11.7. The van der Waals surface area contributed by atoms with Crippen LogP contribution in [0, 0.1) is 5.92 Å². The normalized spacial score (nSPS) is 20.4. The predicted octanol–water partition coefficient (Wildman–Crippen LogP) is 0.856. The molecule has 1 saturated heterocycles. The van der Waals surface area contributed by atoms with Gasteiger partial charge in [-0.1, -0.05) is 15.9 Å². The number of halogens is 1. The number of carboxylic acids is 1. The highest BCUT2D eigenvalue weighted by Gasteiger charge is 2.33. The van der Waals surface area contributed by atoms with Crippen molar-refractivity contribution >= 4 is 33.6 Å². The van der Waals surface area contributed by atoms with E-state index < -0.39 is 5.97 Å². The Bertz CT molecular complexity index is 431. The number of H-pyrrole nitrogens is 1. The number of rotatable bonds is 3. The van der Waals surface area contributed by atoms with E-state index in [1.165, 1.54) is 11.1 Å². The van der Waals surface area contributed by atoms with E-state index in [9.17, 15) is 9.59 Å². The van der Waals surface area contributed by atoms with E-state index in [1.54, 1.807) is 0 Å². The van der Waals surface area contributed by atoms with Gasteiger partial charge in [-0.15, -0.1) is 0 Å². The second-order valence-corrected chi connectivity index (χ2v) is 4.31. The van der Waals surface area contributed by atoms with E-state index in [0.717, 1.165) is 5.33 Å². The van der Waals surface area contributed by atoms with E-state index in [0.29, 0.717) is 13.0 Å². The molecular formula is C9H10BrN3O3. The Hall–Kier alpha value is -1.37. The van der Waals surface area contributed by atoms with Crippen molar-refractivity contribution in [2.45, 2.75) is 6.42 Å². The number of hydrogen-bond acceptors (Lipinski definition) is 3. The maximum absolute atomic E-state index is 11.7. The number of carbonyl (C=O) groups is 2. The lowest BCUT2D eigenvalue weighted by molar-refractivity contribution is -0.117. The van der Waals surface area contributed by atoms with Gasteiger partial charge in [0, 0.05) is 18.3 Å². The van der Waals surface area contributed by atoms with Crippen LogP contribution in [0.2, 0.25) is 0 Å². The summed E-state index contributed by atoms with van der Waals surface area (Å²) in [6.45, 7) is 0.520. The zero-order valence-electron chi connectivity index (χ0n) is 8.31. The van der Waals surface area contributed by atoms with Gasteiger partial charge in [-0.25, -0.2) is 4.79 Å². The summed E-state index contributed by atoms with van der Waals surface area (Å²) < 4.78 is 0. The van der Waals surface area contributed by atoms with Gasteiger partial charge in [-0.05, 0) is 5.92 Å². The Morgan fingerprint density at radius 1 is 1.75 bits per heavy atom. The van der Waals surface area contributed by atoms with E-state index in [1.807, 2.05) is 0 Å². The summed E-state index contributed by atoms with van der Waals surface area (Å²) in [5.41, 5.74) is 0.0311. The van der Waals surface area contributed by atoms with Crippen LogP contribution in [0.3, 0.4) is 0 Å². The highest BCUT2D eigenvalue weighted by Crippen LogP contribution is 2.26. The third-order valence-corrected chi connectivity index (χ3v) is 3.46. The lowest BCUT2D eigenvalue weighted by Crippen LogP contribution is -2.26. The molecule has 0 saturated carbocycles. The number of carboxylic acid groups (broad SMARTS) is 1. The molecule has 2 heterocycles. The van der Waals surface area contributed by atoms with Crippen molar-refractivity contribution in [3.63, 3.8) is 0 Å². The van der Waals surface area contributed by atoms with Crippen molar-refractivity contribution in [2.75, 3.05) is 16.8 Å². The molecule has 86 valence electrons. The third kappa shape index (κ3) is 1.82. The summed E-state index contributed by atoms with van der Waals surface area (Å²) in [5, 5.41) is 15.9. The van der Waals surface area contributed by atoms with Crippen molar-refractivity contribution in [1.82, 2.24) is 10.2 Å². The zero-order valence-corrected chi connectivity index (χ0v) is 9.90. The first-order chi connectivity index (χ1) is 7.63. The second kappa shape index (κ2) is 4.25. The van der Waals surface area contributed by atoms with Crippen LogP contribution < -0.4 is 4.90 Å².